The van der Waals surface area contributed by atoms with Crippen molar-refractivity contribution in [1.29, 1.82) is 0 Å². The van der Waals surface area contributed by atoms with Crippen molar-refractivity contribution in [3.05, 3.63) is 34.4 Å². The van der Waals surface area contributed by atoms with Gasteiger partial charge < -0.3 is 5.73 Å². The Bertz CT molecular complexity index is 367. The molecule has 0 aliphatic heterocycles. The molecule has 0 heterocycles. The largest absolute Gasteiger partial charge is 0.321 e. The van der Waals surface area contributed by atoms with Gasteiger partial charge in [-0.25, -0.2) is 0 Å². The summed E-state index contributed by atoms with van der Waals surface area (Å²) >= 11 is 0. The number of hydrogen-bond donors (Lipinski definition) is 1. The number of hydrogen-bond acceptors (Lipinski definition) is 2. The average Bonchev–Trinajstić information content (AvgIpc) is 2.10. The third-order valence-corrected chi connectivity index (χ3v) is 2.52. The van der Waals surface area contributed by atoms with Gasteiger partial charge in [0.2, 0.25) is 0 Å². The second-order valence-corrected chi connectivity index (χ2v) is 3.90. The van der Waals surface area contributed by atoms with Crippen molar-refractivity contribution in [3.63, 3.8) is 0 Å². The summed E-state index contributed by atoms with van der Waals surface area (Å²) in [5.74, 6) is 0.0191. The molecule has 1 rings (SSSR count). The molecule has 0 saturated heterocycles. The lowest BCUT2D eigenvalue weighted by Crippen LogP contribution is -2.27. The number of benzene rings is 1. The minimum atomic E-state index is -0.421. The summed E-state index contributed by atoms with van der Waals surface area (Å²) in [6.07, 6.45) is 0. The highest BCUT2D eigenvalue weighted by molar-refractivity contribution is 6.01. The van der Waals surface area contributed by atoms with Crippen LogP contribution in [0.25, 0.3) is 0 Å². The summed E-state index contributed by atoms with van der Waals surface area (Å²) in [6.45, 7) is 7.72. The zero-order valence-corrected chi connectivity index (χ0v) is 9.22. The van der Waals surface area contributed by atoms with E-state index in [9.17, 15) is 4.79 Å². The van der Waals surface area contributed by atoms with Gasteiger partial charge in [0.05, 0.1) is 6.04 Å². The van der Waals surface area contributed by atoms with Gasteiger partial charge in [0, 0.05) is 5.56 Å². The van der Waals surface area contributed by atoms with Gasteiger partial charge in [-0.3, -0.25) is 4.79 Å². The molecule has 76 valence electrons. The van der Waals surface area contributed by atoms with Crippen LogP contribution in [0.4, 0.5) is 0 Å². The number of Topliss-reactive ketones (excluding diaryl/α,β-unsaturated/α-hetero) is 1. The third kappa shape index (κ3) is 2.02. The molecule has 0 bridgehead atoms. The first kappa shape index (κ1) is 10.9. The predicted molar refractivity (Wildman–Crippen MR) is 58.6 cm³/mol. The third-order valence-electron chi connectivity index (χ3n) is 2.52. The van der Waals surface area contributed by atoms with E-state index < -0.39 is 6.04 Å². The molecule has 14 heavy (non-hydrogen) atoms. The second kappa shape index (κ2) is 3.93. The van der Waals surface area contributed by atoms with Crippen LogP contribution in [0, 0.1) is 20.8 Å². The molecule has 0 amide bonds. The molecule has 0 aliphatic carbocycles. The van der Waals surface area contributed by atoms with E-state index in [4.69, 9.17) is 5.73 Å². The molecule has 1 aromatic carbocycles. The van der Waals surface area contributed by atoms with Crippen LogP contribution in [0.3, 0.4) is 0 Å². The number of nitrogens with two attached hydrogens (primary N) is 1. The van der Waals surface area contributed by atoms with Crippen LogP contribution in [0.15, 0.2) is 12.1 Å². The van der Waals surface area contributed by atoms with Crippen molar-refractivity contribution in [2.24, 2.45) is 5.73 Å². The molecule has 0 spiro atoms. The fraction of sp³-hybridized carbons (Fsp3) is 0.417. The first-order chi connectivity index (χ1) is 6.43. The van der Waals surface area contributed by atoms with Gasteiger partial charge in [0.1, 0.15) is 0 Å². The van der Waals surface area contributed by atoms with Gasteiger partial charge in [-0.15, -0.1) is 0 Å². The van der Waals surface area contributed by atoms with Gasteiger partial charge in [0.15, 0.2) is 5.78 Å². The molecule has 2 nitrogen and oxygen atoms in total. The topological polar surface area (TPSA) is 43.1 Å². The van der Waals surface area contributed by atoms with Crippen LogP contribution >= 0.6 is 0 Å². The number of carbonyl (C=O) groups excluding carboxylic acids is 1. The summed E-state index contributed by atoms with van der Waals surface area (Å²) < 4.78 is 0. The molecule has 0 saturated carbocycles. The van der Waals surface area contributed by atoms with Crippen molar-refractivity contribution in [2.75, 3.05) is 0 Å². The van der Waals surface area contributed by atoms with Crippen molar-refractivity contribution in [1.82, 2.24) is 0 Å². The molecule has 2 heteroatoms. The van der Waals surface area contributed by atoms with Crippen molar-refractivity contribution < 1.29 is 4.79 Å². The Kier molecular flexibility index (Phi) is 3.06. The van der Waals surface area contributed by atoms with Crippen LogP contribution in [0.1, 0.15) is 34.0 Å². The molecular weight excluding hydrogens is 174 g/mol. The lowest BCUT2D eigenvalue weighted by molar-refractivity contribution is 0.0967. The number of ketones is 1. The fourth-order valence-electron chi connectivity index (χ4n) is 1.47. The van der Waals surface area contributed by atoms with E-state index in [1.165, 1.54) is 5.56 Å². The standard InChI is InChI=1S/C12H17NO/c1-7-5-9(3)11(6-8(7)2)12(14)10(4)13/h5-6,10H,13H2,1-4H3. The Morgan fingerprint density at radius 3 is 2.14 bits per heavy atom. The highest BCUT2D eigenvalue weighted by Crippen LogP contribution is 2.16. The first-order valence-electron chi connectivity index (χ1n) is 4.81. The molecule has 1 atom stereocenters. The smallest absolute Gasteiger partial charge is 0.179 e. The number of carbonyl (C=O) groups is 1. The van der Waals surface area contributed by atoms with E-state index in [1.807, 2.05) is 32.9 Å². The van der Waals surface area contributed by atoms with E-state index in [0.29, 0.717) is 0 Å². The normalized spacial score (nSPS) is 12.6. The quantitative estimate of drug-likeness (QED) is 0.728. The summed E-state index contributed by atoms with van der Waals surface area (Å²) in [7, 11) is 0. The van der Waals surface area contributed by atoms with Crippen LogP contribution in [-0.4, -0.2) is 11.8 Å². The van der Waals surface area contributed by atoms with E-state index in [0.717, 1.165) is 16.7 Å². The van der Waals surface area contributed by atoms with Crippen molar-refractivity contribution >= 4 is 5.78 Å². The Labute approximate surface area is 85.1 Å². The Hall–Kier alpha value is -1.15. The fourth-order valence-corrected chi connectivity index (χ4v) is 1.47. The minimum Gasteiger partial charge on any atom is -0.321 e. The maximum absolute atomic E-state index is 11.7. The Morgan fingerprint density at radius 1 is 1.14 bits per heavy atom. The molecule has 0 fully saturated rings. The average molecular weight is 191 g/mol. The molecule has 1 aromatic rings. The number of aryl methyl sites for hydroxylation is 3. The zero-order chi connectivity index (χ0) is 10.9. The Morgan fingerprint density at radius 2 is 1.64 bits per heavy atom. The lowest BCUT2D eigenvalue weighted by atomic mass is 9.96. The molecule has 0 aromatic heterocycles. The SMILES string of the molecule is Cc1cc(C)c(C(=O)C(C)N)cc1C. The van der Waals surface area contributed by atoms with Gasteiger partial charge in [-0.05, 0) is 50.5 Å². The lowest BCUT2D eigenvalue weighted by Gasteiger charge is -2.10. The van der Waals surface area contributed by atoms with E-state index in [1.54, 1.807) is 6.92 Å². The second-order valence-electron chi connectivity index (χ2n) is 3.90. The molecular formula is C12H17NO. The molecule has 2 N–H and O–H groups in total. The van der Waals surface area contributed by atoms with Crippen molar-refractivity contribution in [2.45, 2.75) is 33.7 Å². The zero-order valence-electron chi connectivity index (χ0n) is 9.22. The number of rotatable bonds is 2. The summed E-state index contributed by atoms with van der Waals surface area (Å²) in [6, 6.07) is 3.54. The summed E-state index contributed by atoms with van der Waals surface area (Å²) in [4.78, 5) is 11.7. The maximum Gasteiger partial charge on any atom is 0.179 e. The molecule has 0 aliphatic rings. The van der Waals surface area contributed by atoms with Crippen LogP contribution in [0.2, 0.25) is 0 Å². The Balaban J connectivity index is 3.22. The van der Waals surface area contributed by atoms with E-state index >= 15 is 0 Å². The van der Waals surface area contributed by atoms with Gasteiger partial charge in [-0.2, -0.15) is 0 Å². The predicted octanol–water partition coefficient (Wildman–Crippen LogP) is 2.14. The van der Waals surface area contributed by atoms with Crippen LogP contribution < -0.4 is 5.73 Å². The van der Waals surface area contributed by atoms with Crippen LogP contribution in [0.5, 0.6) is 0 Å². The van der Waals surface area contributed by atoms with E-state index in [-0.39, 0.29) is 5.78 Å². The summed E-state index contributed by atoms with van der Waals surface area (Å²) in [5.41, 5.74) is 9.69. The highest BCUT2D eigenvalue weighted by atomic mass is 16.1. The molecule has 0 radical (unpaired) electrons. The van der Waals surface area contributed by atoms with Gasteiger partial charge in [-0.1, -0.05) is 6.07 Å². The maximum atomic E-state index is 11.7. The monoisotopic (exact) mass is 191 g/mol. The molecule has 1 unspecified atom stereocenters. The summed E-state index contributed by atoms with van der Waals surface area (Å²) in [5, 5.41) is 0. The van der Waals surface area contributed by atoms with Crippen LogP contribution in [-0.2, 0) is 0 Å². The minimum absolute atomic E-state index is 0.0191. The first-order valence-corrected chi connectivity index (χ1v) is 4.81. The van der Waals surface area contributed by atoms with Gasteiger partial charge in [0.25, 0.3) is 0 Å². The van der Waals surface area contributed by atoms with Crippen molar-refractivity contribution in [3.8, 4) is 0 Å². The van der Waals surface area contributed by atoms with Gasteiger partial charge >= 0.3 is 0 Å². The van der Waals surface area contributed by atoms with E-state index in [2.05, 4.69) is 0 Å². The highest BCUT2D eigenvalue weighted by Gasteiger charge is 2.13.